The Hall–Kier alpha value is -0.0800. The number of rotatable bonds is 8. The molecule has 2 unspecified atom stereocenters. The van der Waals surface area contributed by atoms with Gasteiger partial charge in [0.1, 0.15) is 0 Å². The molecule has 15 heavy (non-hydrogen) atoms. The zero-order valence-electron chi connectivity index (χ0n) is 11.2. The van der Waals surface area contributed by atoms with Crippen molar-refractivity contribution in [3.63, 3.8) is 0 Å². The third-order valence-corrected chi connectivity index (χ3v) is 2.30. The Balaban J connectivity index is 4.07. The first-order chi connectivity index (χ1) is 6.97. The van der Waals surface area contributed by atoms with Crippen LogP contribution in [-0.4, -0.2) is 24.4 Å². The highest BCUT2D eigenvalue weighted by atomic mass is 16.5. The molecular formula is C13H28O2. The minimum absolute atomic E-state index is 0.193. The molecule has 0 saturated carbocycles. The Morgan fingerprint density at radius 3 is 1.80 bits per heavy atom. The van der Waals surface area contributed by atoms with Gasteiger partial charge in [0.05, 0.1) is 24.4 Å². The predicted octanol–water partition coefficient (Wildman–Crippen LogP) is 3.78. The Bertz CT molecular complexity index is 143. The van der Waals surface area contributed by atoms with Crippen LogP contribution in [-0.2, 0) is 9.47 Å². The average molecular weight is 216 g/mol. The lowest BCUT2D eigenvalue weighted by Gasteiger charge is -2.27. The fourth-order valence-corrected chi connectivity index (χ4v) is 1.69. The fraction of sp³-hybridized carbons (Fsp3) is 1.00. The minimum atomic E-state index is 0.193. The fourth-order valence-electron chi connectivity index (χ4n) is 1.69. The lowest BCUT2D eigenvalue weighted by atomic mass is 10.1. The van der Waals surface area contributed by atoms with Gasteiger partial charge in [-0.1, -0.05) is 19.8 Å². The molecular weight excluding hydrogens is 188 g/mol. The zero-order chi connectivity index (χ0) is 11.8. The Morgan fingerprint density at radius 1 is 0.867 bits per heavy atom. The third-order valence-electron chi connectivity index (χ3n) is 2.30. The topological polar surface area (TPSA) is 18.5 Å². The quantitative estimate of drug-likeness (QED) is 0.614. The van der Waals surface area contributed by atoms with E-state index >= 15 is 0 Å². The van der Waals surface area contributed by atoms with Crippen molar-refractivity contribution in [3.8, 4) is 0 Å². The molecule has 0 amide bonds. The summed E-state index contributed by atoms with van der Waals surface area (Å²) >= 11 is 0. The van der Waals surface area contributed by atoms with Crippen LogP contribution in [0.5, 0.6) is 0 Å². The van der Waals surface area contributed by atoms with Crippen LogP contribution in [0.4, 0.5) is 0 Å². The van der Waals surface area contributed by atoms with E-state index in [0.717, 1.165) is 6.42 Å². The van der Waals surface area contributed by atoms with Crippen molar-refractivity contribution in [2.24, 2.45) is 0 Å². The smallest absolute Gasteiger partial charge is 0.0837 e. The van der Waals surface area contributed by atoms with Crippen LogP contribution in [0, 0.1) is 0 Å². The van der Waals surface area contributed by atoms with Crippen molar-refractivity contribution >= 4 is 0 Å². The van der Waals surface area contributed by atoms with Crippen molar-refractivity contribution < 1.29 is 9.47 Å². The summed E-state index contributed by atoms with van der Waals surface area (Å²) in [5.41, 5.74) is 0. The summed E-state index contributed by atoms with van der Waals surface area (Å²) in [6.07, 6.45) is 4.52. The molecule has 0 aliphatic heterocycles. The van der Waals surface area contributed by atoms with Crippen molar-refractivity contribution in [1.29, 1.82) is 0 Å². The molecule has 0 aliphatic carbocycles. The molecule has 0 aromatic carbocycles. The zero-order valence-corrected chi connectivity index (χ0v) is 11.2. The van der Waals surface area contributed by atoms with E-state index in [-0.39, 0.29) is 24.4 Å². The molecule has 0 radical (unpaired) electrons. The second kappa shape index (κ2) is 8.12. The van der Waals surface area contributed by atoms with Crippen molar-refractivity contribution in [3.05, 3.63) is 0 Å². The molecule has 92 valence electrons. The molecule has 0 spiro atoms. The van der Waals surface area contributed by atoms with Gasteiger partial charge in [-0.2, -0.15) is 0 Å². The van der Waals surface area contributed by atoms with Gasteiger partial charge in [-0.05, 0) is 41.0 Å². The van der Waals surface area contributed by atoms with Crippen LogP contribution in [0.15, 0.2) is 0 Å². The standard InChI is InChI=1S/C13H28O2/c1-7-8-9-13(15-11(4)5)12(6)14-10(2)3/h10-13H,7-9H2,1-6H3. The normalized spacial score (nSPS) is 16.0. The summed E-state index contributed by atoms with van der Waals surface area (Å²) in [7, 11) is 0. The highest BCUT2D eigenvalue weighted by molar-refractivity contribution is 4.68. The maximum atomic E-state index is 5.89. The van der Waals surface area contributed by atoms with Gasteiger partial charge in [-0.3, -0.25) is 0 Å². The summed E-state index contributed by atoms with van der Waals surface area (Å²) in [6, 6.07) is 0. The number of hydrogen-bond donors (Lipinski definition) is 0. The monoisotopic (exact) mass is 216 g/mol. The second-order valence-electron chi connectivity index (χ2n) is 4.76. The van der Waals surface area contributed by atoms with Gasteiger partial charge in [0.2, 0.25) is 0 Å². The lowest BCUT2D eigenvalue weighted by molar-refractivity contribution is -0.105. The minimum Gasteiger partial charge on any atom is -0.373 e. The average Bonchev–Trinajstić information content (AvgIpc) is 2.10. The molecule has 0 aliphatic rings. The molecule has 0 aromatic heterocycles. The first kappa shape index (κ1) is 14.9. The summed E-state index contributed by atoms with van der Waals surface area (Å²) in [5, 5.41) is 0. The van der Waals surface area contributed by atoms with Gasteiger partial charge in [0.25, 0.3) is 0 Å². The van der Waals surface area contributed by atoms with Crippen molar-refractivity contribution in [2.45, 2.75) is 85.2 Å². The Morgan fingerprint density at radius 2 is 1.40 bits per heavy atom. The molecule has 0 aromatic rings. The number of hydrogen-bond acceptors (Lipinski definition) is 2. The van der Waals surface area contributed by atoms with Gasteiger partial charge >= 0.3 is 0 Å². The van der Waals surface area contributed by atoms with Crippen LogP contribution in [0.2, 0.25) is 0 Å². The number of unbranched alkanes of at least 4 members (excludes halogenated alkanes) is 1. The third kappa shape index (κ3) is 7.80. The lowest BCUT2D eigenvalue weighted by Crippen LogP contribution is -2.33. The van der Waals surface area contributed by atoms with E-state index in [9.17, 15) is 0 Å². The molecule has 0 saturated heterocycles. The number of ether oxygens (including phenoxy) is 2. The SMILES string of the molecule is CCCCC(OC(C)C)C(C)OC(C)C. The van der Waals surface area contributed by atoms with E-state index in [1.165, 1.54) is 12.8 Å². The Labute approximate surface area is 95.3 Å². The second-order valence-corrected chi connectivity index (χ2v) is 4.76. The largest absolute Gasteiger partial charge is 0.373 e. The van der Waals surface area contributed by atoms with E-state index in [1.807, 2.05) is 0 Å². The Kier molecular flexibility index (Phi) is 8.07. The van der Waals surface area contributed by atoms with E-state index in [4.69, 9.17) is 9.47 Å². The predicted molar refractivity (Wildman–Crippen MR) is 65.2 cm³/mol. The van der Waals surface area contributed by atoms with E-state index in [0.29, 0.717) is 0 Å². The molecule has 0 rings (SSSR count). The van der Waals surface area contributed by atoms with E-state index < -0.39 is 0 Å². The summed E-state index contributed by atoms with van der Waals surface area (Å²) in [4.78, 5) is 0. The molecule has 2 atom stereocenters. The van der Waals surface area contributed by atoms with Crippen molar-refractivity contribution in [2.75, 3.05) is 0 Å². The van der Waals surface area contributed by atoms with E-state index in [2.05, 4.69) is 41.5 Å². The summed E-state index contributed by atoms with van der Waals surface area (Å²) < 4.78 is 11.7. The highest BCUT2D eigenvalue weighted by Crippen LogP contribution is 2.15. The van der Waals surface area contributed by atoms with Crippen LogP contribution in [0.25, 0.3) is 0 Å². The molecule has 0 fully saturated rings. The highest BCUT2D eigenvalue weighted by Gasteiger charge is 2.20. The molecule has 0 bridgehead atoms. The maximum absolute atomic E-state index is 5.89. The van der Waals surface area contributed by atoms with Gasteiger partial charge in [-0.25, -0.2) is 0 Å². The molecule has 0 N–H and O–H groups in total. The van der Waals surface area contributed by atoms with Crippen LogP contribution in [0.1, 0.15) is 60.8 Å². The molecule has 0 heterocycles. The summed E-state index contributed by atoms with van der Waals surface area (Å²) in [5.74, 6) is 0. The van der Waals surface area contributed by atoms with Gasteiger partial charge in [0.15, 0.2) is 0 Å². The van der Waals surface area contributed by atoms with Gasteiger partial charge in [0, 0.05) is 0 Å². The van der Waals surface area contributed by atoms with Gasteiger partial charge in [-0.15, -0.1) is 0 Å². The maximum Gasteiger partial charge on any atom is 0.0837 e. The van der Waals surface area contributed by atoms with Crippen LogP contribution in [0.3, 0.4) is 0 Å². The molecule has 2 nitrogen and oxygen atoms in total. The molecule has 2 heteroatoms. The van der Waals surface area contributed by atoms with Crippen molar-refractivity contribution in [1.82, 2.24) is 0 Å². The summed E-state index contributed by atoms with van der Waals surface area (Å²) in [6.45, 7) is 12.6. The van der Waals surface area contributed by atoms with Gasteiger partial charge < -0.3 is 9.47 Å². The first-order valence-electron chi connectivity index (χ1n) is 6.28. The van der Waals surface area contributed by atoms with Crippen LogP contribution >= 0.6 is 0 Å². The van der Waals surface area contributed by atoms with Crippen LogP contribution < -0.4 is 0 Å². The van der Waals surface area contributed by atoms with E-state index in [1.54, 1.807) is 0 Å². The first-order valence-corrected chi connectivity index (χ1v) is 6.28.